The molecule has 0 unspecified atom stereocenters. The molecule has 3 fully saturated rings. The predicted octanol–water partition coefficient (Wildman–Crippen LogP) is 2.24. The molecule has 0 radical (unpaired) electrons. The lowest BCUT2D eigenvalue weighted by Gasteiger charge is -2.43. The molecule has 3 rings (SSSR count). The van der Waals surface area contributed by atoms with E-state index < -0.39 is 24.4 Å². The fourth-order valence-corrected chi connectivity index (χ4v) is 5.68. The number of carbonyl (C=O) groups excluding carboxylic acids is 3. The standard InChI is InChI=1S/C22H35F3N4O4/c1-16-11-20(2,3)14-21(12-16)18(31)29(19(32)26-21)13-17(30)28-8-6-27(7-9-28)5-4-10-33-15-22(23,24)25/h16H,4-15H2,1-3H3,(H,26,32)/t16-,21-/m0/s1. The van der Waals surface area contributed by atoms with Crippen LogP contribution in [-0.2, 0) is 14.3 Å². The van der Waals surface area contributed by atoms with Gasteiger partial charge in [0.25, 0.3) is 5.91 Å². The van der Waals surface area contributed by atoms with E-state index in [9.17, 15) is 27.6 Å². The number of alkyl halides is 3. The molecular weight excluding hydrogens is 441 g/mol. The van der Waals surface area contributed by atoms with E-state index >= 15 is 0 Å². The first kappa shape index (κ1) is 25.7. The quantitative estimate of drug-likeness (QED) is 0.450. The van der Waals surface area contributed by atoms with E-state index in [0.29, 0.717) is 57.9 Å². The summed E-state index contributed by atoms with van der Waals surface area (Å²) < 4.78 is 40.9. The van der Waals surface area contributed by atoms with Crippen LogP contribution in [-0.4, -0.2) is 96.7 Å². The molecule has 0 aromatic carbocycles. The molecule has 2 atom stereocenters. The number of amides is 4. The highest BCUT2D eigenvalue weighted by atomic mass is 19.4. The van der Waals surface area contributed by atoms with Crippen molar-refractivity contribution in [2.45, 2.75) is 58.2 Å². The zero-order chi connectivity index (χ0) is 24.4. The topological polar surface area (TPSA) is 82.2 Å². The lowest BCUT2D eigenvalue weighted by atomic mass is 9.64. The zero-order valence-corrected chi connectivity index (χ0v) is 19.7. The molecule has 8 nitrogen and oxygen atoms in total. The smallest absolute Gasteiger partial charge is 0.372 e. The van der Waals surface area contributed by atoms with E-state index in [1.807, 2.05) is 0 Å². The van der Waals surface area contributed by atoms with Gasteiger partial charge in [0.05, 0.1) is 0 Å². The maximum absolute atomic E-state index is 13.2. The average molecular weight is 477 g/mol. The minimum absolute atomic E-state index is 0.0298. The number of hydrogen-bond donors (Lipinski definition) is 1. The monoisotopic (exact) mass is 476 g/mol. The van der Waals surface area contributed by atoms with Crippen molar-refractivity contribution >= 4 is 17.8 Å². The lowest BCUT2D eigenvalue weighted by Crippen LogP contribution is -2.55. The van der Waals surface area contributed by atoms with Crippen molar-refractivity contribution < 1.29 is 32.3 Å². The van der Waals surface area contributed by atoms with Gasteiger partial charge in [0.2, 0.25) is 5.91 Å². The molecule has 2 heterocycles. The SMILES string of the molecule is C[C@H]1CC(C)(C)C[C@]2(C1)NC(=O)N(CC(=O)N1CCN(CCCOCC(F)(F)F)CC1)C2=O. The molecule has 1 N–H and O–H groups in total. The largest absolute Gasteiger partial charge is 0.411 e. The first-order chi connectivity index (χ1) is 15.3. The number of nitrogens with zero attached hydrogens (tertiary/aromatic N) is 3. The van der Waals surface area contributed by atoms with Crippen LogP contribution in [0.4, 0.5) is 18.0 Å². The zero-order valence-electron chi connectivity index (χ0n) is 19.7. The van der Waals surface area contributed by atoms with Crippen molar-refractivity contribution in [1.29, 1.82) is 0 Å². The number of nitrogens with one attached hydrogen (secondary N) is 1. The molecule has 2 saturated heterocycles. The highest BCUT2D eigenvalue weighted by Crippen LogP contribution is 2.46. The molecule has 0 bridgehead atoms. The van der Waals surface area contributed by atoms with Crippen LogP contribution < -0.4 is 5.32 Å². The van der Waals surface area contributed by atoms with Crippen LogP contribution in [0.3, 0.4) is 0 Å². The maximum atomic E-state index is 13.2. The van der Waals surface area contributed by atoms with Crippen LogP contribution >= 0.6 is 0 Å². The highest BCUT2D eigenvalue weighted by molar-refractivity contribution is 6.09. The number of imide groups is 1. The normalized spacial score (nSPS) is 28.5. The molecule has 2 aliphatic heterocycles. The number of carbonyl (C=O) groups is 3. The summed E-state index contributed by atoms with van der Waals surface area (Å²) in [7, 11) is 0. The van der Waals surface area contributed by atoms with E-state index in [1.165, 1.54) is 0 Å². The van der Waals surface area contributed by atoms with Gasteiger partial charge in [-0.1, -0.05) is 20.8 Å². The molecule has 33 heavy (non-hydrogen) atoms. The minimum Gasteiger partial charge on any atom is -0.372 e. The Morgan fingerprint density at radius 3 is 2.42 bits per heavy atom. The summed E-state index contributed by atoms with van der Waals surface area (Å²) in [6, 6.07) is -0.504. The molecule has 1 aliphatic carbocycles. The van der Waals surface area contributed by atoms with Crippen molar-refractivity contribution in [2.24, 2.45) is 11.3 Å². The summed E-state index contributed by atoms with van der Waals surface area (Å²) in [6.45, 7) is 7.44. The summed E-state index contributed by atoms with van der Waals surface area (Å²) in [5, 5.41) is 2.89. The number of halogens is 3. The Bertz CT molecular complexity index is 752. The third-order valence-electron chi connectivity index (χ3n) is 6.67. The van der Waals surface area contributed by atoms with Gasteiger partial charge in [-0.25, -0.2) is 4.79 Å². The summed E-state index contributed by atoms with van der Waals surface area (Å²) >= 11 is 0. The van der Waals surface area contributed by atoms with Gasteiger partial charge in [-0.15, -0.1) is 0 Å². The van der Waals surface area contributed by atoms with Gasteiger partial charge in [-0.05, 0) is 37.0 Å². The van der Waals surface area contributed by atoms with Gasteiger partial charge < -0.3 is 15.0 Å². The molecule has 188 valence electrons. The van der Waals surface area contributed by atoms with Gasteiger partial charge in [0.1, 0.15) is 18.7 Å². The van der Waals surface area contributed by atoms with Crippen molar-refractivity contribution in [3.05, 3.63) is 0 Å². The van der Waals surface area contributed by atoms with E-state index in [4.69, 9.17) is 0 Å². The molecular formula is C22H35F3N4O4. The third-order valence-corrected chi connectivity index (χ3v) is 6.67. The third kappa shape index (κ3) is 6.59. The molecule has 1 spiro atoms. The van der Waals surface area contributed by atoms with E-state index in [0.717, 1.165) is 11.3 Å². The second-order valence-electron chi connectivity index (χ2n) is 10.5. The first-order valence-corrected chi connectivity index (χ1v) is 11.6. The summed E-state index contributed by atoms with van der Waals surface area (Å²) in [4.78, 5) is 43.4. The van der Waals surface area contributed by atoms with Gasteiger partial charge in [0, 0.05) is 39.3 Å². The maximum Gasteiger partial charge on any atom is 0.411 e. The highest BCUT2D eigenvalue weighted by Gasteiger charge is 2.56. The summed E-state index contributed by atoms with van der Waals surface area (Å²) in [5.41, 5.74) is -1.000. The summed E-state index contributed by atoms with van der Waals surface area (Å²) in [6.07, 6.45) is -1.72. The van der Waals surface area contributed by atoms with Crippen LogP contribution in [0.25, 0.3) is 0 Å². The minimum atomic E-state index is -4.31. The number of hydrogen-bond acceptors (Lipinski definition) is 5. The number of rotatable bonds is 7. The van der Waals surface area contributed by atoms with E-state index in [2.05, 4.69) is 35.7 Å². The first-order valence-electron chi connectivity index (χ1n) is 11.6. The van der Waals surface area contributed by atoms with Crippen LogP contribution in [0.2, 0.25) is 0 Å². The lowest BCUT2D eigenvalue weighted by molar-refractivity contribution is -0.174. The van der Waals surface area contributed by atoms with Crippen LogP contribution in [0, 0.1) is 11.3 Å². The van der Waals surface area contributed by atoms with Crippen molar-refractivity contribution in [2.75, 3.05) is 52.5 Å². The second-order valence-corrected chi connectivity index (χ2v) is 10.5. The fourth-order valence-electron chi connectivity index (χ4n) is 5.68. The Morgan fingerprint density at radius 2 is 1.82 bits per heavy atom. The van der Waals surface area contributed by atoms with Crippen molar-refractivity contribution in [3.63, 3.8) is 0 Å². The van der Waals surface area contributed by atoms with Gasteiger partial charge >= 0.3 is 12.2 Å². The second kappa shape index (κ2) is 9.77. The van der Waals surface area contributed by atoms with E-state index in [1.54, 1.807) is 4.90 Å². The molecule has 0 aromatic rings. The van der Waals surface area contributed by atoms with Crippen molar-refractivity contribution in [1.82, 2.24) is 20.0 Å². The van der Waals surface area contributed by atoms with Crippen molar-refractivity contribution in [3.8, 4) is 0 Å². The van der Waals surface area contributed by atoms with E-state index in [-0.39, 0.29) is 30.4 Å². The molecule has 3 aliphatic rings. The Kier molecular flexibility index (Phi) is 7.62. The van der Waals surface area contributed by atoms with Crippen LogP contribution in [0.1, 0.15) is 46.5 Å². The van der Waals surface area contributed by atoms with Gasteiger partial charge in [-0.2, -0.15) is 13.2 Å². The molecule has 0 aromatic heterocycles. The molecule has 1 saturated carbocycles. The Balaban J connectivity index is 1.45. The molecule has 11 heteroatoms. The number of piperazine rings is 1. The van der Waals surface area contributed by atoms with Gasteiger partial charge in [-0.3, -0.25) is 19.4 Å². The Morgan fingerprint density at radius 1 is 1.15 bits per heavy atom. The summed E-state index contributed by atoms with van der Waals surface area (Å²) in [5.74, 6) is -0.287. The van der Waals surface area contributed by atoms with Crippen LogP contribution in [0.5, 0.6) is 0 Å². The fraction of sp³-hybridized carbons (Fsp3) is 0.864. The molecule has 4 amide bonds. The predicted molar refractivity (Wildman–Crippen MR) is 114 cm³/mol. The number of ether oxygens (including phenoxy) is 1. The Hall–Kier alpha value is -1.88. The average Bonchev–Trinajstić information content (AvgIpc) is 2.89. The van der Waals surface area contributed by atoms with Crippen LogP contribution in [0.15, 0.2) is 0 Å². The van der Waals surface area contributed by atoms with Gasteiger partial charge in [0.15, 0.2) is 0 Å². The Labute approximate surface area is 192 Å². The number of urea groups is 1.